The lowest BCUT2D eigenvalue weighted by atomic mass is 10.0. The van der Waals surface area contributed by atoms with Gasteiger partial charge < -0.3 is 20.5 Å². The van der Waals surface area contributed by atoms with Gasteiger partial charge >= 0.3 is 0 Å². The smallest absolute Gasteiger partial charge is 0.252 e. The fourth-order valence-corrected chi connectivity index (χ4v) is 3.05. The van der Waals surface area contributed by atoms with Crippen LogP contribution >= 0.6 is 0 Å². The van der Waals surface area contributed by atoms with Crippen LogP contribution in [0.3, 0.4) is 0 Å². The monoisotopic (exact) mass is 354 g/mol. The zero-order chi connectivity index (χ0) is 18.7. The minimum Gasteiger partial charge on any atom is -0.496 e. The number of pyridine rings is 1. The third kappa shape index (κ3) is 3.37. The zero-order valence-corrected chi connectivity index (χ0v) is 14.2. The maximum Gasteiger partial charge on any atom is 0.252 e. The van der Waals surface area contributed by atoms with Crippen molar-refractivity contribution < 1.29 is 19.1 Å². The van der Waals surface area contributed by atoms with E-state index in [-0.39, 0.29) is 36.5 Å². The van der Waals surface area contributed by atoms with Gasteiger partial charge in [-0.15, -0.1) is 0 Å². The van der Waals surface area contributed by atoms with E-state index in [1.54, 1.807) is 24.4 Å². The molecule has 1 aliphatic rings. The van der Waals surface area contributed by atoms with Crippen molar-refractivity contribution in [2.75, 3.05) is 13.7 Å². The topological polar surface area (TPSA) is 127 Å². The van der Waals surface area contributed by atoms with Crippen molar-refractivity contribution in [3.8, 4) is 17.7 Å². The van der Waals surface area contributed by atoms with Crippen molar-refractivity contribution in [2.45, 2.75) is 18.9 Å². The number of amides is 2. The number of primary amides is 1. The Morgan fingerprint density at radius 2 is 2.31 bits per heavy atom. The molecule has 2 atom stereocenters. The molecule has 134 valence electrons. The van der Waals surface area contributed by atoms with Crippen molar-refractivity contribution in [1.29, 1.82) is 5.26 Å². The van der Waals surface area contributed by atoms with Gasteiger partial charge in [0.15, 0.2) is 0 Å². The second-order valence-electron chi connectivity index (χ2n) is 6.07. The Hall–Kier alpha value is -3.34. The van der Waals surface area contributed by atoms with Gasteiger partial charge in [0, 0.05) is 18.0 Å². The van der Waals surface area contributed by atoms with E-state index in [9.17, 15) is 9.59 Å². The molecule has 3 rings (SSSR count). The summed E-state index contributed by atoms with van der Waals surface area (Å²) in [5.41, 5.74) is 5.66. The number of nitrogens with one attached hydrogen (secondary N) is 1. The highest BCUT2D eigenvalue weighted by atomic mass is 16.5. The first-order valence-electron chi connectivity index (χ1n) is 8.10. The normalized spacial score (nSPS) is 19.0. The molecule has 26 heavy (non-hydrogen) atoms. The van der Waals surface area contributed by atoms with Crippen molar-refractivity contribution in [1.82, 2.24) is 10.3 Å². The molecule has 0 saturated carbocycles. The lowest BCUT2D eigenvalue weighted by molar-refractivity contribution is -0.122. The lowest BCUT2D eigenvalue weighted by Crippen LogP contribution is -2.31. The number of hydrogen-bond donors (Lipinski definition) is 2. The number of carbonyl (C=O) groups is 2. The molecule has 1 aromatic carbocycles. The summed E-state index contributed by atoms with van der Waals surface area (Å²) in [6.45, 7) is 0.236. The molecule has 0 spiro atoms. The second-order valence-corrected chi connectivity index (χ2v) is 6.07. The third-order valence-electron chi connectivity index (χ3n) is 4.36. The number of benzene rings is 1. The van der Waals surface area contributed by atoms with Gasteiger partial charge in [0.2, 0.25) is 11.8 Å². The van der Waals surface area contributed by atoms with Crippen molar-refractivity contribution in [3.63, 3.8) is 0 Å². The summed E-state index contributed by atoms with van der Waals surface area (Å²) in [6.07, 6.45) is 2.31. The molecule has 0 radical (unpaired) electrons. The van der Waals surface area contributed by atoms with Crippen LogP contribution in [0.4, 0.5) is 0 Å². The first-order chi connectivity index (χ1) is 12.5. The Kier molecular flexibility index (Phi) is 4.89. The fourth-order valence-electron chi connectivity index (χ4n) is 3.05. The van der Waals surface area contributed by atoms with Crippen molar-refractivity contribution in [3.05, 3.63) is 30.0 Å². The van der Waals surface area contributed by atoms with Gasteiger partial charge in [-0.3, -0.25) is 9.59 Å². The molecule has 0 aliphatic carbocycles. The zero-order valence-electron chi connectivity index (χ0n) is 14.2. The van der Waals surface area contributed by atoms with Crippen molar-refractivity contribution in [2.24, 2.45) is 11.7 Å². The van der Waals surface area contributed by atoms with Crippen LogP contribution in [-0.4, -0.2) is 36.6 Å². The van der Waals surface area contributed by atoms with Crippen LogP contribution in [-0.2, 0) is 4.79 Å². The minimum atomic E-state index is -0.583. The number of ether oxygens (including phenoxy) is 2. The number of aromatic nitrogens is 1. The summed E-state index contributed by atoms with van der Waals surface area (Å²) < 4.78 is 11.0. The van der Waals surface area contributed by atoms with Gasteiger partial charge in [0.1, 0.15) is 12.4 Å². The van der Waals surface area contributed by atoms with Gasteiger partial charge in [-0.25, -0.2) is 4.98 Å². The first-order valence-corrected chi connectivity index (χ1v) is 8.10. The van der Waals surface area contributed by atoms with Crippen LogP contribution in [0.5, 0.6) is 11.6 Å². The number of rotatable bonds is 6. The average Bonchev–Trinajstić information content (AvgIpc) is 2.98. The Morgan fingerprint density at radius 1 is 1.50 bits per heavy atom. The Balaban J connectivity index is 1.81. The molecule has 8 nitrogen and oxygen atoms in total. The summed E-state index contributed by atoms with van der Waals surface area (Å²) in [7, 11) is 1.45. The molecular weight excluding hydrogens is 336 g/mol. The first kappa shape index (κ1) is 17.5. The van der Waals surface area contributed by atoms with E-state index in [0.29, 0.717) is 23.4 Å². The highest BCUT2D eigenvalue weighted by Crippen LogP contribution is 2.31. The van der Waals surface area contributed by atoms with Crippen LogP contribution in [0.2, 0.25) is 0 Å². The summed E-state index contributed by atoms with van der Waals surface area (Å²) in [6, 6.07) is 6.87. The van der Waals surface area contributed by atoms with Gasteiger partial charge in [-0.1, -0.05) is 0 Å². The minimum absolute atomic E-state index is 0.126. The number of nitrogens with zero attached hydrogens (tertiary/aromatic N) is 2. The van der Waals surface area contributed by atoms with Gasteiger partial charge in [0.25, 0.3) is 5.91 Å². The van der Waals surface area contributed by atoms with E-state index in [1.165, 1.54) is 7.11 Å². The quantitative estimate of drug-likeness (QED) is 0.801. The number of carbonyl (C=O) groups excluding carboxylic acids is 2. The van der Waals surface area contributed by atoms with E-state index < -0.39 is 5.91 Å². The Labute approximate surface area is 149 Å². The van der Waals surface area contributed by atoms with E-state index in [1.807, 2.05) is 6.07 Å². The Morgan fingerprint density at radius 3 is 3.00 bits per heavy atom. The van der Waals surface area contributed by atoms with E-state index in [4.69, 9.17) is 20.5 Å². The standard InChI is InChI=1S/C18H18N4O4/c1-25-15-8-13-10(7-14(15)16(20)23)3-5-21-18(13)26-9-12-6-11(2-4-19)17(24)22-12/h3,5,7-8,11-12H,2,6,9H2,1H3,(H2,20,23)(H,22,24)/t11?,12-/m0/s1. The molecule has 1 aromatic heterocycles. The molecule has 0 bridgehead atoms. The van der Waals surface area contributed by atoms with E-state index in [2.05, 4.69) is 10.3 Å². The van der Waals surface area contributed by atoms with Crippen LogP contribution in [0.25, 0.3) is 10.8 Å². The Bertz CT molecular complexity index is 906. The fraction of sp³-hybridized carbons (Fsp3) is 0.333. The summed E-state index contributed by atoms with van der Waals surface area (Å²) in [5, 5.41) is 13.0. The predicted octanol–water partition coefficient (Wildman–Crippen LogP) is 1.14. The molecular formula is C18H18N4O4. The largest absolute Gasteiger partial charge is 0.496 e. The van der Waals surface area contributed by atoms with E-state index in [0.717, 1.165) is 5.39 Å². The summed E-state index contributed by atoms with van der Waals surface area (Å²) >= 11 is 0. The van der Waals surface area contributed by atoms with Crippen LogP contribution in [0, 0.1) is 17.2 Å². The molecule has 8 heteroatoms. The summed E-state index contributed by atoms with van der Waals surface area (Å²) in [4.78, 5) is 27.6. The summed E-state index contributed by atoms with van der Waals surface area (Å²) in [5.74, 6) is -0.299. The number of nitriles is 1. The predicted molar refractivity (Wildman–Crippen MR) is 92.6 cm³/mol. The highest BCUT2D eigenvalue weighted by Gasteiger charge is 2.32. The molecule has 3 N–H and O–H groups in total. The number of fused-ring (bicyclic) bond motifs is 1. The molecule has 1 fully saturated rings. The van der Waals surface area contributed by atoms with Gasteiger partial charge in [0.05, 0.1) is 30.7 Å². The second kappa shape index (κ2) is 7.27. The van der Waals surface area contributed by atoms with Gasteiger partial charge in [-0.2, -0.15) is 5.26 Å². The van der Waals surface area contributed by atoms with Crippen LogP contribution in [0.1, 0.15) is 23.2 Å². The SMILES string of the molecule is COc1cc2c(OC[C@@H]3CC(CC#N)C(=O)N3)nccc2cc1C(N)=O. The molecule has 1 unspecified atom stereocenters. The van der Waals surface area contributed by atoms with Crippen molar-refractivity contribution >= 4 is 22.6 Å². The third-order valence-corrected chi connectivity index (χ3v) is 4.36. The van der Waals surface area contributed by atoms with Crippen LogP contribution < -0.4 is 20.5 Å². The molecule has 2 aromatic rings. The highest BCUT2D eigenvalue weighted by molar-refractivity contribution is 6.01. The number of methoxy groups -OCH3 is 1. The number of hydrogen-bond acceptors (Lipinski definition) is 6. The maximum absolute atomic E-state index is 11.8. The lowest BCUT2D eigenvalue weighted by Gasteiger charge is -2.14. The molecule has 1 aliphatic heterocycles. The van der Waals surface area contributed by atoms with Gasteiger partial charge in [-0.05, 0) is 30.0 Å². The molecule has 1 saturated heterocycles. The molecule has 2 amide bonds. The maximum atomic E-state index is 11.8. The average molecular weight is 354 g/mol. The number of nitrogens with two attached hydrogens (primary N) is 1. The van der Waals surface area contributed by atoms with Crippen LogP contribution in [0.15, 0.2) is 24.4 Å². The molecule has 2 heterocycles. The van der Waals surface area contributed by atoms with E-state index >= 15 is 0 Å².